The van der Waals surface area contributed by atoms with Crippen molar-refractivity contribution in [1.82, 2.24) is 38.2 Å². The zero-order valence-electron chi connectivity index (χ0n) is 69.8. The number of para-hydroxylation sites is 5. The molecule has 126 heavy (non-hydrogen) atoms. The van der Waals surface area contributed by atoms with E-state index in [-0.39, 0.29) is 10.8 Å². The summed E-state index contributed by atoms with van der Waals surface area (Å²) in [6.45, 7) is 0. The second kappa shape index (κ2) is 26.1. The quantitative estimate of drug-likeness (QED) is 0.149. The number of benzene rings is 15. The first-order valence-electron chi connectivity index (χ1n) is 46.0. The summed E-state index contributed by atoms with van der Waals surface area (Å²) in [5.74, 6) is 8.26. The van der Waals surface area contributed by atoms with Crippen LogP contribution in [0, 0.1) is 47.3 Å². The third-order valence-electron chi connectivity index (χ3n) is 32.5. The lowest BCUT2D eigenvalue weighted by Crippen LogP contribution is -2.55. The Kier molecular flexibility index (Phi) is 14.5. The van der Waals surface area contributed by atoms with Crippen molar-refractivity contribution in [3.63, 3.8) is 0 Å². The van der Waals surface area contributed by atoms with E-state index < -0.39 is 0 Å². The average molecular weight is 1620 g/mol. The molecule has 32 rings (SSSR count). The highest BCUT2D eigenvalue weighted by atomic mass is 15.1. The molecule has 8 heteroatoms. The molecule has 15 aromatic carbocycles. The molecule has 8 fully saturated rings. The Morgan fingerprint density at radius 1 is 0.238 bits per heavy atom. The van der Waals surface area contributed by atoms with E-state index >= 15 is 0 Å². The Hall–Kier alpha value is -14.3. The normalized spacial score (nSPS) is 22.0. The molecule has 0 atom stereocenters. The highest BCUT2D eigenvalue weighted by molar-refractivity contribution is 6.17. The van der Waals surface area contributed by atoms with Crippen LogP contribution in [0.5, 0.6) is 0 Å². The minimum absolute atomic E-state index is 0.133. The fourth-order valence-corrected chi connectivity index (χ4v) is 28.1. The largest absolute Gasteiger partial charge is 0.309 e. The van der Waals surface area contributed by atoms with Crippen LogP contribution < -0.4 is 0 Å². The van der Waals surface area contributed by atoms with Crippen molar-refractivity contribution in [2.24, 2.45) is 47.3 Å². The summed E-state index contributed by atoms with van der Waals surface area (Å²) in [6.07, 6.45) is 17.8. The lowest BCUT2D eigenvalue weighted by atomic mass is 9.43. The molecule has 22 aromatic rings. The number of hydrogen-bond donors (Lipinski definition) is 0. The Labute approximate surface area is 728 Å². The fraction of sp³-hybridized carbons (Fsp3) is 0.169. The predicted octanol–water partition coefficient (Wildman–Crippen LogP) is 29.2. The number of pyridine rings is 2. The van der Waals surface area contributed by atoms with Gasteiger partial charge in [-0.25, -0.2) is 9.97 Å². The van der Waals surface area contributed by atoms with Crippen molar-refractivity contribution in [3.8, 4) is 78.8 Å². The zero-order valence-corrected chi connectivity index (χ0v) is 69.8. The first-order chi connectivity index (χ1) is 62.4. The summed E-state index contributed by atoms with van der Waals surface area (Å²) in [4.78, 5) is 19.9. The maximum Gasteiger partial charge on any atom is 0.162 e. The van der Waals surface area contributed by atoms with Crippen LogP contribution in [0.3, 0.4) is 0 Å². The van der Waals surface area contributed by atoms with Gasteiger partial charge in [0, 0.05) is 99.4 Å². The van der Waals surface area contributed by atoms with Crippen molar-refractivity contribution in [2.75, 3.05) is 0 Å². The molecule has 10 aliphatic rings. The summed E-state index contributed by atoms with van der Waals surface area (Å²) in [7, 11) is 0. The smallest absolute Gasteiger partial charge is 0.162 e. The topological polar surface area (TPSA) is 71.3 Å². The zero-order chi connectivity index (χ0) is 81.9. The molecule has 0 N–H and O–H groups in total. The molecule has 7 aromatic heterocycles. The molecule has 8 bridgehead atoms. The van der Waals surface area contributed by atoms with Crippen molar-refractivity contribution < 1.29 is 0 Å². The fourth-order valence-electron chi connectivity index (χ4n) is 28.1. The summed E-state index contributed by atoms with van der Waals surface area (Å²) >= 11 is 0. The number of hydrogen-bond acceptors (Lipinski definition) is 4. The van der Waals surface area contributed by atoms with Gasteiger partial charge in [0.2, 0.25) is 0 Å². The molecule has 7 heterocycles. The Bertz CT molecular complexity index is 8420. The number of aromatic nitrogens is 8. The van der Waals surface area contributed by atoms with Crippen LogP contribution in [0.2, 0.25) is 0 Å². The molecule has 0 radical (unpaired) electrons. The van der Waals surface area contributed by atoms with Gasteiger partial charge >= 0.3 is 0 Å². The monoisotopic (exact) mass is 1610 g/mol. The van der Waals surface area contributed by atoms with E-state index in [2.05, 4.69) is 328 Å². The van der Waals surface area contributed by atoms with Gasteiger partial charge in [0.1, 0.15) is 5.82 Å². The van der Waals surface area contributed by atoms with Gasteiger partial charge in [-0.1, -0.05) is 206 Å². The molecule has 0 unspecified atom stereocenters. The van der Waals surface area contributed by atoms with E-state index in [1.807, 2.05) is 42.7 Å². The van der Waals surface area contributed by atoms with Crippen LogP contribution in [0.1, 0.15) is 86.5 Å². The molecule has 10 aliphatic carbocycles. The van der Waals surface area contributed by atoms with Crippen LogP contribution in [0.15, 0.2) is 352 Å². The van der Waals surface area contributed by atoms with Gasteiger partial charge in [-0.3, -0.25) is 14.5 Å². The van der Waals surface area contributed by atoms with E-state index in [4.69, 9.17) is 19.9 Å². The maximum absolute atomic E-state index is 5.31. The standard InChI is InChI=1S/C60H44N4.C58H42N4/c1-2-12-38(13-3-1)58-61-53-19-9-5-17-48(53)59(62-58)64-55-21-11-7-16-47(55)50-34-40(23-27-57(50)64)39-22-26-56-49(33-39)46-15-6-10-20-54(46)63(56)43-24-25-45-44-14-4-8-18-51(44)60(52(45)35-43)41-29-36-28-37(31-41)32-42(60)30-36;1-4-14-49-42(10-1)43-20-19-41(33-50(43)58(49)39-26-34-25-35(28-39)29-40(58)27-34)61-51-15-5-2-11-44(51)47-30-36(17-21-53(47)61)37-18-22-54-48(31-37)45-12-3-6-16-52(45)62(54)55-32-38-9-7-23-59-56(38)57-46(55)13-8-24-60-57/h1-27,33-37,41-42H,28-32H2;1-24,30-35,39-40H,25-29H2. The van der Waals surface area contributed by atoms with Crippen molar-refractivity contribution in [3.05, 3.63) is 374 Å². The molecule has 0 aliphatic heterocycles. The van der Waals surface area contributed by atoms with Crippen LogP contribution in [0.25, 0.3) is 199 Å². The highest BCUT2D eigenvalue weighted by Crippen LogP contribution is 2.72. The first kappa shape index (κ1) is 70.1. The summed E-state index contributed by atoms with van der Waals surface area (Å²) < 4.78 is 9.86. The number of nitrogens with zero attached hydrogens (tertiary/aromatic N) is 8. The van der Waals surface area contributed by atoms with Gasteiger partial charge in [0.25, 0.3) is 0 Å². The Morgan fingerprint density at radius 3 is 1.10 bits per heavy atom. The van der Waals surface area contributed by atoms with Crippen molar-refractivity contribution in [2.45, 2.75) is 75.0 Å². The SMILES string of the molecule is c1ccc(-c2nc(-n3c4ccccc4c4cc(-c5ccc6c(c5)c5ccccc5n6-c5ccc6c(c5)C5(c7ccccc7-6)C6CC7CC(C6)CC5C7)ccc43)c3ccccc3n2)cc1.c1ccc2c(c1)-c1ccc(-n3c4ccccc4c4cc(-c5ccc6c(c5)c5ccccc5n6-c5cc6cccnc6c6ncccc56)ccc43)cc1C21C2CC3CC(C2)CC1C3. The van der Waals surface area contributed by atoms with Gasteiger partial charge in [0.15, 0.2) is 5.82 Å². The second-order valence-electron chi connectivity index (χ2n) is 38.4. The Morgan fingerprint density at radius 2 is 0.611 bits per heavy atom. The van der Waals surface area contributed by atoms with Gasteiger partial charge < -0.3 is 13.7 Å². The van der Waals surface area contributed by atoms with Gasteiger partial charge in [-0.15, -0.1) is 0 Å². The van der Waals surface area contributed by atoms with E-state index in [0.29, 0.717) is 0 Å². The summed E-state index contributed by atoms with van der Waals surface area (Å²) in [5.41, 5.74) is 34.6. The lowest BCUT2D eigenvalue weighted by Gasteiger charge is -2.61. The molecule has 8 saturated carbocycles. The summed E-state index contributed by atoms with van der Waals surface area (Å²) in [6, 6.07) is 127. The highest BCUT2D eigenvalue weighted by Gasteiger charge is 2.63. The molecule has 0 saturated heterocycles. The van der Waals surface area contributed by atoms with Gasteiger partial charge in [0.05, 0.1) is 66.4 Å². The molecular formula is C118H86N8. The third kappa shape index (κ3) is 9.63. The molecule has 598 valence electrons. The average Bonchev–Trinajstić information content (AvgIpc) is 1.49. The molecule has 2 spiro atoms. The lowest BCUT2D eigenvalue weighted by molar-refractivity contribution is -0.0399. The van der Waals surface area contributed by atoms with E-state index in [1.165, 1.54) is 196 Å². The van der Waals surface area contributed by atoms with Crippen LogP contribution in [0.4, 0.5) is 0 Å². The Balaban J connectivity index is 0.000000126. The number of fused-ring (bicyclic) bond motifs is 22. The van der Waals surface area contributed by atoms with Crippen molar-refractivity contribution >= 4 is 120 Å². The molecule has 8 nitrogen and oxygen atoms in total. The summed E-state index contributed by atoms with van der Waals surface area (Å²) in [5, 5.41) is 13.2. The second-order valence-corrected chi connectivity index (χ2v) is 38.4. The van der Waals surface area contributed by atoms with Gasteiger partial charge in [-0.2, -0.15) is 0 Å². The van der Waals surface area contributed by atoms with Gasteiger partial charge in [-0.05, 0) is 312 Å². The predicted molar refractivity (Wildman–Crippen MR) is 517 cm³/mol. The third-order valence-corrected chi connectivity index (χ3v) is 32.5. The van der Waals surface area contributed by atoms with Crippen LogP contribution in [-0.2, 0) is 10.8 Å². The van der Waals surface area contributed by atoms with Crippen LogP contribution >= 0.6 is 0 Å². The molecule has 0 amide bonds. The maximum atomic E-state index is 5.31. The van der Waals surface area contributed by atoms with E-state index in [1.54, 1.807) is 22.3 Å². The minimum atomic E-state index is 0.133. The molecular weight excluding hydrogens is 1530 g/mol. The first-order valence-corrected chi connectivity index (χ1v) is 46.0. The minimum Gasteiger partial charge on any atom is -0.309 e. The van der Waals surface area contributed by atoms with Crippen molar-refractivity contribution in [1.29, 1.82) is 0 Å². The van der Waals surface area contributed by atoms with E-state index in [9.17, 15) is 0 Å². The number of rotatable bonds is 7. The van der Waals surface area contributed by atoms with E-state index in [0.717, 1.165) is 114 Å². The van der Waals surface area contributed by atoms with Crippen LogP contribution in [-0.4, -0.2) is 38.2 Å².